The van der Waals surface area contributed by atoms with Crippen molar-refractivity contribution in [2.45, 2.75) is 104 Å². The molecule has 1 fully saturated rings. The number of ketones is 1. The molecule has 254 valence electrons. The van der Waals surface area contributed by atoms with Crippen LogP contribution in [0, 0.1) is 11.8 Å². The maximum Gasteiger partial charge on any atom is 0.407 e. The van der Waals surface area contributed by atoms with E-state index in [0.29, 0.717) is 19.3 Å². The third-order valence-corrected chi connectivity index (χ3v) is 7.00. The molecule has 0 aliphatic carbocycles. The van der Waals surface area contributed by atoms with Gasteiger partial charge in [0.15, 0.2) is 0 Å². The molecular weight excluding hydrogens is 592 g/mol. The molecule has 16 nitrogen and oxygen atoms in total. The van der Waals surface area contributed by atoms with Crippen LogP contribution in [0.3, 0.4) is 0 Å². The van der Waals surface area contributed by atoms with E-state index in [1.54, 1.807) is 20.8 Å². The molecule has 0 bridgehead atoms. The number of carbonyl (C=O) groups excluding carboxylic acids is 7. The fraction of sp³-hybridized carbons (Fsp3) is 0.724. The van der Waals surface area contributed by atoms with Crippen LogP contribution in [0.2, 0.25) is 0 Å². The van der Waals surface area contributed by atoms with Crippen molar-refractivity contribution in [1.29, 1.82) is 0 Å². The Bertz CT molecular complexity index is 1100. The Kier molecular flexibility index (Phi) is 16.6. The van der Waals surface area contributed by atoms with Crippen LogP contribution in [0.15, 0.2) is 0 Å². The Morgan fingerprint density at radius 3 is 2.18 bits per heavy atom. The summed E-state index contributed by atoms with van der Waals surface area (Å²) in [7, 11) is 0. The molecule has 0 aromatic heterocycles. The maximum absolute atomic E-state index is 13.4. The number of amides is 6. The first-order valence-corrected chi connectivity index (χ1v) is 15.3. The third-order valence-electron chi connectivity index (χ3n) is 7.00. The zero-order valence-electron chi connectivity index (χ0n) is 26.7. The number of carboxylic acid groups (broad SMARTS) is 1. The number of nitrogens with one attached hydrogen (secondary N) is 4. The van der Waals surface area contributed by atoms with Gasteiger partial charge in [-0.15, -0.1) is 0 Å². The number of ether oxygens (including phenoxy) is 1. The van der Waals surface area contributed by atoms with Crippen LogP contribution in [-0.2, 0) is 38.3 Å². The second-order valence-electron chi connectivity index (χ2n) is 11.8. The summed E-state index contributed by atoms with van der Waals surface area (Å²) >= 11 is 0. The Balaban J connectivity index is 2.83. The summed E-state index contributed by atoms with van der Waals surface area (Å²) < 4.78 is 5.15. The van der Waals surface area contributed by atoms with Crippen LogP contribution in [0.1, 0.15) is 79.6 Å². The predicted octanol–water partition coefficient (Wildman–Crippen LogP) is -0.421. The molecule has 7 N–H and O–H groups in total. The van der Waals surface area contributed by atoms with E-state index in [1.165, 1.54) is 4.90 Å². The van der Waals surface area contributed by atoms with Gasteiger partial charge >= 0.3 is 12.1 Å². The molecule has 0 spiro atoms. The van der Waals surface area contributed by atoms with Crippen LogP contribution in [0.25, 0.3) is 0 Å². The number of hydrogen-bond donors (Lipinski definition) is 6. The highest BCUT2D eigenvalue weighted by molar-refractivity contribution is 6.38. The van der Waals surface area contributed by atoms with Gasteiger partial charge in [-0.05, 0) is 43.9 Å². The van der Waals surface area contributed by atoms with E-state index in [4.69, 9.17) is 15.6 Å². The Hall–Kier alpha value is -4.24. The van der Waals surface area contributed by atoms with Crippen LogP contribution in [-0.4, -0.2) is 101 Å². The van der Waals surface area contributed by atoms with Crippen molar-refractivity contribution in [3.8, 4) is 0 Å². The minimum Gasteiger partial charge on any atom is -0.481 e. The molecule has 1 heterocycles. The lowest BCUT2D eigenvalue weighted by Crippen LogP contribution is -2.57. The van der Waals surface area contributed by atoms with Crippen LogP contribution >= 0.6 is 0 Å². The van der Waals surface area contributed by atoms with Crippen molar-refractivity contribution < 1.29 is 48.2 Å². The Morgan fingerprint density at radius 1 is 0.956 bits per heavy atom. The van der Waals surface area contributed by atoms with Crippen LogP contribution in [0.5, 0.6) is 0 Å². The summed E-state index contributed by atoms with van der Waals surface area (Å²) in [5, 5.41) is 18.3. The number of rotatable bonds is 19. The van der Waals surface area contributed by atoms with Crippen molar-refractivity contribution >= 4 is 47.4 Å². The van der Waals surface area contributed by atoms with Crippen LogP contribution < -0.4 is 27.0 Å². The minimum absolute atomic E-state index is 0.0261. The number of likely N-dealkylation sites (tertiary alicyclic amines) is 1. The van der Waals surface area contributed by atoms with Crippen molar-refractivity contribution in [1.82, 2.24) is 26.2 Å². The highest BCUT2D eigenvalue weighted by Gasteiger charge is 2.40. The van der Waals surface area contributed by atoms with Gasteiger partial charge in [-0.25, -0.2) is 4.79 Å². The highest BCUT2D eigenvalue weighted by atomic mass is 16.5. The lowest BCUT2D eigenvalue weighted by Gasteiger charge is -2.31. The minimum atomic E-state index is -1.23. The van der Waals surface area contributed by atoms with Gasteiger partial charge in [-0.3, -0.25) is 33.6 Å². The summed E-state index contributed by atoms with van der Waals surface area (Å²) in [4.78, 5) is 100. The first kappa shape index (κ1) is 38.8. The zero-order valence-corrected chi connectivity index (χ0v) is 26.7. The van der Waals surface area contributed by atoms with Gasteiger partial charge in [0.1, 0.15) is 18.1 Å². The van der Waals surface area contributed by atoms with Gasteiger partial charge in [0.25, 0.3) is 5.91 Å². The summed E-state index contributed by atoms with van der Waals surface area (Å²) in [6.45, 7) is 8.75. The normalized spacial score (nSPS) is 16.3. The number of nitrogens with two attached hydrogens (primary N) is 1. The number of nitrogens with zero attached hydrogens (tertiary/aromatic N) is 1. The lowest BCUT2D eigenvalue weighted by atomic mass is 10.0. The molecule has 0 aromatic rings. The van der Waals surface area contributed by atoms with E-state index < -0.39 is 78.1 Å². The molecule has 0 radical (unpaired) electrons. The molecule has 4 unspecified atom stereocenters. The molecule has 4 atom stereocenters. The molecule has 1 rings (SSSR count). The second-order valence-corrected chi connectivity index (χ2v) is 11.8. The van der Waals surface area contributed by atoms with Gasteiger partial charge in [0, 0.05) is 13.0 Å². The van der Waals surface area contributed by atoms with E-state index in [9.17, 15) is 38.4 Å². The molecule has 6 amide bonds. The number of Topliss-reactive ketones (excluding diaryl/α,β-unsaturated/α-hetero) is 1. The zero-order chi connectivity index (χ0) is 34.3. The van der Waals surface area contributed by atoms with E-state index >= 15 is 0 Å². The van der Waals surface area contributed by atoms with Crippen LogP contribution in [0.4, 0.5) is 4.79 Å². The third kappa shape index (κ3) is 13.5. The fourth-order valence-corrected chi connectivity index (χ4v) is 4.63. The largest absolute Gasteiger partial charge is 0.481 e. The molecule has 1 aliphatic rings. The molecule has 0 aromatic carbocycles. The number of hydrogen-bond acceptors (Lipinski definition) is 9. The maximum atomic E-state index is 13.4. The highest BCUT2D eigenvalue weighted by Crippen LogP contribution is 2.21. The van der Waals surface area contributed by atoms with E-state index in [0.717, 1.165) is 0 Å². The van der Waals surface area contributed by atoms with Gasteiger partial charge in [0.05, 0.1) is 19.2 Å². The standard InChI is InChI=1S/C29H48N6O10/c1-6-9-18(24(39)27(42)31-14-21(36)32-19(25(30)40)10-7-12-22(37)38)33-26(41)20-11-8-13-35(20)28(43)23(17(4)5)34-29(44)45-15-16(2)3/h16-20,23H,6-15H2,1-5H3,(H2,30,40)(H,31,42)(H,32,36)(H,33,41)(H,34,44)(H,37,38). The van der Waals surface area contributed by atoms with E-state index in [-0.39, 0.29) is 50.7 Å². The number of carbonyl (C=O) groups is 8. The van der Waals surface area contributed by atoms with Gasteiger partial charge < -0.3 is 41.7 Å². The summed E-state index contributed by atoms with van der Waals surface area (Å²) in [6.07, 6.45) is 0.432. The Morgan fingerprint density at radius 2 is 1.62 bits per heavy atom. The van der Waals surface area contributed by atoms with Crippen molar-refractivity contribution in [2.75, 3.05) is 19.7 Å². The average Bonchev–Trinajstić information content (AvgIpc) is 3.46. The van der Waals surface area contributed by atoms with Crippen molar-refractivity contribution in [2.24, 2.45) is 17.6 Å². The quantitative estimate of drug-likeness (QED) is 0.0996. The van der Waals surface area contributed by atoms with Gasteiger partial charge in [-0.2, -0.15) is 0 Å². The molecule has 0 saturated carbocycles. The summed E-state index contributed by atoms with van der Waals surface area (Å²) in [5.74, 6) is -6.25. The molecule has 45 heavy (non-hydrogen) atoms. The fourth-order valence-electron chi connectivity index (χ4n) is 4.63. The number of carboxylic acids is 1. The number of aliphatic carboxylic acids is 1. The topological polar surface area (TPSA) is 243 Å². The molecule has 16 heteroatoms. The molecule has 1 saturated heterocycles. The van der Waals surface area contributed by atoms with Crippen molar-refractivity contribution in [3.05, 3.63) is 0 Å². The van der Waals surface area contributed by atoms with Gasteiger partial charge in [0.2, 0.25) is 29.4 Å². The molecular formula is C29H48N6O10. The smallest absolute Gasteiger partial charge is 0.407 e. The van der Waals surface area contributed by atoms with Gasteiger partial charge in [-0.1, -0.05) is 41.0 Å². The first-order chi connectivity index (χ1) is 21.1. The number of alkyl carbamates (subject to hydrolysis) is 1. The second kappa shape index (κ2) is 19.2. The van der Waals surface area contributed by atoms with E-state index in [1.807, 2.05) is 13.8 Å². The monoisotopic (exact) mass is 640 g/mol. The Labute approximate surface area is 262 Å². The molecule has 1 aliphatic heterocycles. The lowest BCUT2D eigenvalue weighted by molar-refractivity contribution is -0.143. The van der Waals surface area contributed by atoms with E-state index in [2.05, 4.69) is 21.3 Å². The number of primary amides is 1. The summed E-state index contributed by atoms with van der Waals surface area (Å²) in [6, 6.07) is -4.28. The SMILES string of the molecule is CCCC(NC(=O)C1CCCN1C(=O)C(NC(=O)OCC(C)C)C(C)C)C(=O)C(=O)NCC(=O)NC(CCCC(=O)O)C(N)=O. The first-order valence-electron chi connectivity index (χ1n) is 15.3. The average molecular weight is 641 g/mol. The predicted molar refractivity (Wildman–Crippen MR) is 160 cm³/mol. The van der Waals surface area contributed by atoms with Crippen molar-refractivity contribution in [3.63, 3.8) is 0 Å². The summed E-state index contributed by atoms with van der Waals surface area (Å²) in [5.41, 5.74) is 5.25.